The lowest BCUT2D eigenvalue weighted by Crippen LogP contribution is -2.45. The zero-order chi connectivity index (χ0) is 18.6. The SMILES string of the molecule is Cc1cc(C(C)NC2CCCCC2CNC(=O)OC(C)(C)C)c(C)o1. The molecule has 3 atom stereocenters. The number of hydrogen-bond donors (Lipinski definition) is 2. The summed E-state index contributed by atoms with van der Waals surface area (Å²) in [6, 6.07) is 2.75. The molecule has 1 aliphatic rings. The van der Waals surface area contributed by atoms with Crippen LogP contribution in [0.5, 0.6) is 0 Å². The fourth-order valence-corrected chi connectivity index (χ4v) is 3.69. The molecule has 1 heterocycles. The van der Waals surface area contributed by atoms with Gasteiger partial charge in [-0.1, -0.05) is 12.8 Å². The molecule has 2 rings (SSSR count). The van der Waals surface area contributed by atoms with Crippen molar-refractivity contribution in [3.8, 4) is 0 Å². The minimum absolute atomic E-state index is 0.240. The molecule has 3 unspecified atom stereocenters. The molecule has 5 nitrogen and oxygen atoms in total. The van der Waals surface area contributed by atoms with Gasteiger partial charge in [-0.25, -0.2) is 4.79 Å². The highest BCUT2D eigenvalue weighted by atomic mass is 16.6. The monoisotopic (exact) mass is 350 g/mol. The molecule has 0 spiro atoms. The summed E-state index contributed by atoms with van der Waals surface area (Å²) < 4.78 is 11.0. The molecule has 1 aliphatic carbocycles. The van der Waals surface area contributed by atoms with E-state index in [1.165, 1.54) is 18.4 Å². The number of hydrogen-bond acceptors (Lipinski definition) is 4. The van der Waals surface area contributed by atoms with Crippen LogP contribution in [0.25, 0.3) is 0 Å². The Hall–Kier alpha value is -1.49. The maximum Gasteiger partial charge on any atom is 0.407 e. The minimum atomic E-state index is -0.459. The topological polar surface area (TPSA) is 63.5 Å². The summed E-state index contributed by atoms with van der Waals surface area (Å²) >= 11 is 0. The van der Waals surface area contributed by atoms with Crippen molar-refractivity contribution >= 4 is 6.09 Å². The third kappa shape index (κ3) is 6.07. The number of alkyl carbamates (subject to hydrolysis) is 1. The normalized spacial score (nSPS) is 22.5. The van der Waals surface area contributed by atoms with Crippen LogP contribution in [0.3, 0.4) is 0 Å². The molecule has 0 saturated heterocycles. The number of aryl methyl sites for hydroxylation is 2. The van der Waals surface area contributed by atoms with Gasteiger partial charge in [-0.15, -0.1) is 0 Å². The van der Waals surface area contributed by atoms with E-state index in [2.05, 4.69) is 23.6 Å². The Labute approximate surface area is 151 Å². The molecule has 1 amide bonds. The third-order valence-corrected chi connectivity index (χ3v) is 4.83. The molecule has 0 bridgehead atoms. The first-order valence-corrected chi connectivity index (χ1v) is 9.45. The van der Waals surface area contributed by atoms with Gasteiger partial charge in [-0.05, 0) is 66.4 Å². The number of rotatable bonds is 5. The van der Waals surface area contributed by atoms with Gasteiger partial charge in [-0.3, -0.25) is 0 Å². The molecular weight excluding hydrogens is 316 g/mol. The van der Waals surface area contributed by atoms with Crippen LogP contribution in [0.15, 0.2) is 10.5 Å². The summed E-state index contributed by atoms with van der Waals surface area (Å²) in [7, 11) is 0. The van der Waals surface area contributed by atoms with E-state index < -0.39 is 5.60 Å². The van der Waals surface area contributed by atoms with Crippen LogP contribution in [-0.2, 0) is 4.74 Å². The predicted octanol–water partition coefficient (Wildman–Crippen LogP) is 4.63. The number of ether oxygens (including phenoxy) is 1. The molecule has 1 aromatic rings. The van der Waals surface area contributed by atoms with Crippen LogP contribution in [0.2, 0.25) is 0 Å². The van der Waals surface area contributed by atoms with Gasteiger partial charge in [0.05, 0.1) is 0 Å². The quantitative estimate of drug-likeness (QED) is 0.812. The fourth-order valence-electron chi connectivity index (χ4n) is 3.69. The molecule has 0 aromatic carbocycles. The number of amides is 1. The van der Waals surface area contributed by atoms with Gasteiger partial charge in [-0.2, -0.15) is 0 Å². The Morgan fingerprint density at radius 2 is 2.00 bits per heavy atom. The average Bonchev–Trinajstić information content (AvgIpc) is 2.83. The van der Waals surface area contributed by atoms with Crippen molar-refractivity contribution < 1.29 is 13.9 Å². The van der Waals surface area contributed by atoms with E-state index in [1.807, 2.05) is 34.6 Å². The largest absolute Gasteiger partial charge is 0.466 e. The first-order chi connectivity index (χ1) is 11.7. The summed E-state index contributed by atoms with van der Waals surface area (Å²) in [6.45, 7) is 12.5. The van der Waals surface area contributed by atoms with Crippen LogP contribution in [0.1, 0.15) is 76.5 Å². The summed E-state index contributed by atoms with van der Waals surface area (Å²) in [5.41, 5.74) is 0.765. The van der Waals surface area contributed by atoms with E-state index in [9.17, 15) is 4.79 Å². The summed E-state index contributed by atoms with van der Waals surface area (Å²) in [5.74, 6) is 2.36. The molecule has 1 fully saturated rings. The highest BCUT2D eigenvalue weighted by Crippen LogP contribution is 2.28. The molecular formula is C20H34N2O3. The summed E-state index contributed by atoms with van der Waals surface area (Å²) in [6.07, 6.45) is 4.39. The Morgan fingerprint density at radius 3 is 2.60 bits per heavy atom. The maximum atomic E-state index is 11.9. The zero-order valence-corrected chi connectivity index (χ0v) is 16.6. The number of furan rings is 1. The number of carbonyl (C=O) groups is 1. The van der Waals surface area contributed by atoms with E-state index in [0.717, 1.165) is 24.4 Å². The van der Waals surface area contributed by atoms with Crippen molar-refractivity contribution in [2.75, 3.05) is 6.54 Å². The highest BCUT2D eigenvalue weighted by molar-refractivity contribution is 5.67. The average molecular weight is 351 g/mol. The van der Waals surface area contributed by atoms with E-state index in [0.29, 0.717) is 18.5 Å². The zero-order valence-electron chi connectivity index (χ0n) is 16.6. The van der Waals surface area contributed by atoms with Crippen LogP contribution in [0, 0.1) is 19.8 Å². The standard InChI is InChI=1S/C20H34N2O3/c1-13-11-17(15(3)24-13)14(2)22-18-10-8-7-9-16(18)12-21-19(23)25-20(4,5)6/h11,14,16,18,22H,7-10,12H2,1-6H3,(H,21,23). The van der Waals surface area contributed by atoms with Crippen molar-refractivity contribution in [1.29, 1.82) is 0 Å². The van der Waals surface area contributed by atoms with Crippen molar-refractivity contribution in [3.05, 3.63) is 23.2 Å². The van der Waals surface area contributed by atoms with Crippen LogP contribution in [0.4, 0.5) is 4.79 Å². The van der Waals surface area contributed by atoms with E-state index in [1.54, 1.807) is 0 Å². The molecule has 142 valence electrons. The Balaban J connectivity index is 1.91. The predicted molar refractivity (Wildman–Crippen MR) is 99.7 cm³/mol. The van der Waals surface area contributed by atoms with Gasteiger partial charge in [0.25, 0.3) is 0 Å². The van der Waals surface area contributed by atoms with Crippen LogP contribution < -0.4 is 10.6 Å². The smallest absolute Gasteiger partial charge is 0.407 e. The molecule has 0 aliphatic heterocycles. The van der Waals surface area contributed by atoms with E-state index in [-0.39, 0.29) is 12.1 Å². The van der Waals surface area contributed by atoms with Gasteiger partial charge in [0.1, 0.15) is 17.1 Å². The van der Waals surface area contributed by atoms with Crippen molar-refractivity contribution in [2.24, 2.45) is 5.92 Å². The number of carbonyl (C=O) groups excluding carboxylic acids is 1. The van der Waals surface area contributed by atoms with Crippen molar-refractivity contribution in [2.45, 2.75) is 84.9 Å². The second-order valence-corrected chi connectivity index (χ2v) is 8.29. The van der Waals surface area contributed by atoms with Crippen LogP contribution in [-0.4, -0.2) is 24.3 Å². The molecule has 1 saturated carbocycles. The van der Waals surface area contributed by atoms with Gasteiger partial charge in [0, 0.05) is 24.2 Å². The maximum absolute atomic E-state index is 11.9. The van der Waals surface area contributed by atoms with Crippen molar-refractivity contribution in [1.82, 2.24) is 10.6 Å². The first-order valence-electron chi connectivity index (χ1n) is 9.45. The second-order valence-electron chi connectivity index (χ2n) is 8.29. The molecule has 25 heavy (non-hydrogen) atoms. The summed E-state index contributed by atoms with van der Waals surface area (Å²) in [5, 5.41) is 6.71. The molecule has 2 N–H and O–H groups in total. The molecule has 0 radical (unpaired) electrons. The molecule has 1 aromatic heterocycles. The lowest BCUT2D eigenvalue weighted by molar-refractivity contribution is 0.0510. The van der Waals surface area contributed by atoms with Gasteiger partial charge in [0.15, 0.2) is 0 Å². The molecule has 5 heteroatoms. The highest BCUT2D eigenvalue weighted by Gasteiger charge is 2.28. The fraction of sp³-hybridized carbons (Fsp3) is 0.750. The Kier molecular flexibility index (Phi) is 6.55. The first kappa shape index (κ1) is 19.8. The number of nitrogens with one attached hydrogen (secondary N) is 2. The van der Waals surface area contributed by atoms with Gasteiger partial charge in [0.2, 0.25) is 0 Å². The lowest BCUT2D eigenvalue weighted by atomic mass is 9.83. The lowest BCUT2D eigenvalue weighted by Gasteiger charge is -2.34. The minimum Gasteiger partial charge on any atom is -0.466 e. The summed E-state index contributed by atoms with van der Waals surface area (Å²) in [4.78, 5) is 11.9. The Bertz CT molecular complexity index is 574. The Morgan fingerprint density at radius 1 is 1.32 bits per heavy atom. The third-order valence-electron chi connectivity index (χ3n) is 4.83. The van der Waals surface area contributed by atoms with E-state index >= 15 is 0 Å². The second kappa shape index (κ2) is 8.26. The van der Waals surface area contributed by atoms with Crippen LogP contribution >= 0.6 is 0 Å². The van der Waals surface area contributed by atoms with Gasteiger partial charge >= 0.3 is 6.09 Å². The van der Waals surface area contributed by atoms with Gasteiger partial charge < -0.3 is 19.8 Å². The van der Waals surface area contributed by atoms with E-state index in [4.69, 9.17) is 9.15 Å². The van der Waals surface area contributed by atoms with Crippen molar-refractivity contribution in [3.63, 3.8) is 0 Å².